The maximum absolute atomic E-state index is 11.3. The summed E-state index contributed by atoms with van der Waals surface area (Å²) in [5.74, 6) is -0.165. The van der Waals surface area contributed by atoms with E-state index in [9.17, 15) is 4.79 Å². The first-order chi connectivity index (χ1) is 8.13. The van der Waals surface area contributed by atoms with Crippen molar-refractivity contribution in [3.05, 3.63) is 35.9 Å². The molecule has 1 aromatic rings. The van der Waals surface area contributed by atoms with Gasteiger partial charge in [0.2, 0.25) is 5.91 Å². The lowest BCUT2D eigenvalue weighted by molar-refractivity contribution is -0.121. The van der Waals surface area contributed by atoms with Gasteiger partial charge < -0.3 is 10.1 Å². The number of hydrogen-bond donors (Lipinski definition) is 1. The second kappa shape index (κ2) is 7.30. The summed E-state index contributed by atoms with van der Waals surface area (Å²) in [6, 6.07) is 10.0. The molecule has 1 rings (SSSR count). The number of benzene rings is 1. The van der Waals surface area contributed by atoms with Crippen molar-refractivity contribution >= 4 is 17.5 Å². The summed E-state index contributed by atoms with van der Waals surface area (Å²) in [6.45, 7) is 2.12. The summed E-state index contributed by atoms with van der Waals surface area (Å²) in [7, 11) is 1.64. The molecule has 0 saturated carbocycles. The van der Waals surface area contributed by atoms with E-state index in [-0.39, 0.29) is 12.0 Å². The van der Waals surface area contributed by atoms with Crippen molar-refractivity contribution in [2.75, 3.05) is 13.7 Å². The molecule has 0 heterocycles. The quantitative estimate of drug-likeness (QED) is 0.790. The molecule has 0 aliphatic carbocycles. The average Bonchev–Trinajstić information content (AvgIpc) is 2.35. The van der Waals surface area contributed by atoms with Gasteiger partial charge >= 0.3 is 0 Å². The van der Waals surface area contributed by atoms with Crippen molar-refractivity contribution in [2.45, 2.75) is 24.8 Å². The summed E-state index contributed by atoms with van der Waals surface area (Å²) in [5, 5.41) is 2.25. The fraction of sp³-hybridized carbons (Fsp3) is 0.462. The highest BCUT2D eigenvalue weighted by Crippen LogP contribution is 2.05. The zero-order chi connectivity index (χ0) is 12.7. The van der Waals surface area contributed by atoms with Gasteiger partial charge in [-0.1, -0.05) is 30.3 Å². The Kier molecular flexibility index (Phi) is 6.01. The third kappa shape index (κ3) is 5.20. The molecule has 4 heteroatoms. The summed E-state index contributed by atoms with van der Waals surface area (Å²) >= 11 is 5.66. The molecule has 0 aliphatic rings. The Labute approximate surface area is 107 Å². The third-order valence-corrected chi connectivity index (χ3v) is 2.70. The topological polar surface area (TPSA) is 38.3 Å². The summed E-state index contributed by atoms with van der Waals surface area (Å²) in [5.41, 5.74) is 1.19. The molecule has 0 radical (unpaired) electrons. The van der Waals surface area contributed by atoms with Gasteiger partial charge in [0.1, 0.15) is 5.38 Å². The SMILES string of the molecule is COC(CNC(=O)C(C)Cl)Cc1ccccc1. The molecule has 2 atom stereocenters. The predicted octanol–water partition coefficient (Wildman–Crippen LogP) is 1.99. The van der Waals surface area contributed by atoms with Gasteiger partial charge in [0.25, 0.3) is 0 Å². The number of rotatable bonds is 6. The molecule has 1 amide bonds. The molecule has 0 saturated heterocycles. The first-order valence-corrected chi connectivity index (χ1v) is 6.05. The van der Waals surface area contributed by atoms with E-state index in [4.69, 9.17) is 16.3 Å². The van der Waals surface area contributed by atoms with E-state index in [1.807, 2.05) is 30.3 Å². The molecular weight excluding hydrogens is 238 g/mol. The second-order valence-electron chi connectivity index (χ2n) is 3.91. The van der Waals surface area contributed by atoms with Crippen LogP contribution >= 0.6 is 11.6 Å². The van der Waals surface area contributed by atoms with Gasteiger partial charge in [0, 0.05) is 20.1 Å². The first kappa shape index (κ1) is 14.0. The fourth-order valence-electron chi connectivity index (χ4n) is 1.47. The Morgan fingerprint density at radius 2 is 2.06 bits per heavy atom. The summed E-state index contributed by atoms with van der Waals surface area (Å²) in [6.07, 6.45) is 0.741. The minimum atomic E-state index is -0.510. The van der Waals surface area contributed by atoms with E-state index in [1.54, 1.807) is 14.0 Å². The van der Waals surface area contributed by atoms with Crippen LogP contribution in [0.3, 0.4) is 0 Å². The Bertz CT molecular complexity index is 341. The van der Waals surface area contributed by atoms with E-state index < -0.39 is 5.38 Å². The van der Waals surface area contributed by atoms with Crippen LogP contribution in [0, 0.1) is 0 Å². The molecule has 0 aromatic heterocycles. The number of hydrogen-bond acceptors (Lipinski definition) is 2. The number of carbonyl (C=O) groups is 1. The van der Waals surface area contributed by atoms with Crippen LogP contribution in [-0.2, 0) is 16.0 Å². The number of alkyl halides is 1. The van der Waals surface area contributed by atoms with Crippen molar-refractivity contribution in [2.24, 2.45) is 0 Å². The normalized spacial score (nSPS) is 14.1. The maximum Gasteiger partial charge on any atom is 0.237 e. The van der Waals surface area contributed by atoms with E-state index in [1.165, 1.54) is 5.56 Å². The van der Waals surface area contributed by atoms with Crippen molar-refractivity contribution in [3.63, 3.8) is 0 Å². The molecule has 1 aromatic carbocycles. The zero-order valence-electron chi connectivity index (χ0n) is 10.2. The first-order valence-electron chi connectivity index (χ1n) is 5.62. The Morgan fingerprint density at radius 3 is 2.59 bits per heavy atom. The zero-order valence-corrected chi connectivity index (χ0v) is 10.9. The molecule has 3 nitrogen and oxygen atoms in total. The molecule has 0 bridgehead atoms. The molecule has 1 N–H and O–H groups in total. The Morgan fingerprint density at radius 1 is 1.41 bits per heavy atom. The van der Waals surface area contributed by atoms with Crippen molar-refractivity contribution in [1.29, 1.82) is 0 Å². The standard InChI is InChI=1S/C13H18ClNO2/c1-10(14)13(16)15-9-12(17-2)8-11-6-4-3-5-7-11/h3-7,10,12H,8-9H2,1-2H3,(H,15,16). The minimum Gasteiger partial charge on any atom is -0.379 e. The highest BCUT2D eigenvalue weighted by atomic mass is 35.5. The van der Waals surface area contributed by atoms with Gasteiger partial charge in [-0.3, -0.25) is 4.79 Å². The number of ether oxygens (including phenoxy) is 1. The van der Waals surface area contributed by atoms with Crippen molar-refractivity contribution in [1.82, 2.24) is 5.32 Å². The van der Waals surface area contributed by atoms with E-state index >= 15 is 0 Å². The Balaban J connectivity index is 2.42. The molecule has 2 unspecified atom stereocenters. The number of halogens is 1. The van der Waals surface area contributed by atoms with Crippen LogP contribution in [0.1, 0.15) is 12.5 Å². The van der Waals surface area contributed by atoms with Gasteiger partial charge in [-0.25, -0.2) is 0 Å². The number of amides is 1. The number of methoxy groups -OCH3 is 1. The maximum atomic E-state index is 11.3. The average molecular weight is 256 g/mol. The van der Waals surface area contributed by atoms with Crippen LogP contribution in [0.15, 0.2) is 30.3 Å². The summed E-state index contributed by atoms with van der Waals surface area (Å²) in [4.78, 5) is 11.3. The van der Waals surface area contributed by atoms with E-state index in [0.29, 0.717) is 6.54 Å². The molecule has 0 spiro atoms. The number of carbonyl (C=O) groups excluding carboxylic acids is 1. The van der Waals surface area contributed by atoms with Crippen LogP contribution in [0.25, 0.3) is 0 Å². The largest absolute Gasteiger partial charge is 0.379 e. The lowest BCUT2D eigenvalue weighted by Gasteiger charge is -2.16. The Hall–Kier alpha value is -1.06. The van der Waals surface area contributed by atoms with Crippen LogP contribution in [0.2, 0.25) is 0 Å². The van der Waals surface area contributed by atoms with Gasteiger partial charge in [-0.15, -0.1) is 11.6 Å². The van der Waals surface area contributed by atoms with E-state index in [2.05, 4.69) is 5.32 Å². The molecule has 0 aliphatic heterocycles. The minimum absolute atomic E-state index is 0.0308. The van der Waals surface area contributed by atoms with Crippen LogP contribution in [0.5, 0.6) is 0 Å². The third-order valence-electron chi connectivity index (χ3n) is 2.50. The monoisotopic (exact) mass is 255 g/mol. The van der Waals surface area contributed by atoms with Crippen LogP contribution in [0.4, 0.5) is 0 Å². The molecule has 94 valence electrons. The summed E-state index contributed by atoms with van der Waals surface area (Å²) < 4.78 is 5.33. The van der Waals surface area contributed by atoms with Gasteiger partial charge in [0.15, 0.2) is 0 Å². The second-order valence-corrected chi connectivity index (χ2v) is 4.56. The molecule has 17 heavy (non-hydrogen) atoms. The lowest BCUT2D eigenvalue weighted by Crippen LogP contribution is -2.37. The van der Waals surface area contributed by atoms with Gasteiger partial charge in [-0.05, 0) is 12.5 Å². The molecular formula is C13H18ClNO2. The van der Waals surface area contributed by atoms with Crippen molar-refractivity contribution in [3.8, 4) is 0 Å². The van der Waals surface area contributed by atoms with E-state index in [0.717, 1.165) is 6.42 Å². The molecule has 0 fully saturated rings. The highest BCUT2D eigenvalue weighted by molar-refractivity contribution is 6.30. The van der Waals surface area contributed by atoms with Crippen molar-refractivity contribution < 1.29 is 9.53 Å². The smallest absolute Gasteiger partial charge is 0.237 e. The highest BCUT2D eigenvalue weighted by Gasteiger charge is 2.13. The van der Waals surface area contributed by atoms with Gasteiger partial charge in [0.05, 0.1) is 6.10 Å². The fourth-order valence-corrected chi connectivity index (χ4v) is 1.55. The lowest BCUT2D eigenvalue weighted by atomic mass is 10.1. The van der Waals surface area contributed by atoms with Gasteiger partial charge in [-0.2, -0.15) is 0 Å². The van der Waals surface area contributed by atoms with Crippen LogP contribution in [-0.4, -0.2) is 31.0 Å². The van der Waals surface area contributed by atoms with Crippen LogP contribution < -0.4 is 5.32 Å². The number of nitrogens with one attached hydrogen (secondary N) is 1. The predicted molar refractivity (Wildman–Crippen MR) is 69.3 cm³/mol.